The van der Waals surface area contributed by atoms with Gasteiger partial charge in [0, 0.05) is 32.1 Å². The van der Waals surface area contributed by atoms with E-state index < -0.39 is 22.5 Å². The summed E-state index contributed by atoms with van der Waals surface area (Å²) in [5.74, 6) is -0.557. The van der Waals surface area contributed by atoms with E-state index in [0.29, 0.717) is 15.2 Å². The van der Waals surface area contributed by atoms with Crippen molar-refractivity contribution in [3.63, 3.8) is 0 Å². The molecule has 3 rings (SSSR count). The molecule has 0 fully saturated rings. The Morgan fingerprint density at radius 2 is 1.88 bits per heavy atom. The molecule has 0 radical (unpaired) electrons. The number of aromatic nitrogens is 1. The highest BCUT2D eigenvalue weighted by Gasteiger charge is 2.21. The van der Waals surface area contributed by atoms with Crippen molar-refractivity contribution in [2.24, 2.45) is 5.10 Å². The molecule has 1 aromatic heterocycles. The third-order valence-electron chi connectivity index (χ3n) is 4.73. The van der Waals surface area contributed by atoms with Gasteiger partial charge < -0.3 is 4.57 Å². The molecule has 1 amide bonds. The van der Waals surface area contributed by atoms with Crippen LogP contribution >= 0.6 is 27.5 Å². The van der Waals surface area contributed by atoms with Crippen molar-refractivity contribution in [1.29, 1.82) is 0 Å². The van der Waals surface area contributed by atoms with Gasteiger partial charge in [0.1, 0.15) is 6.54 Å². The number of nitrogens with zero attached hydrogens (tertiary/aromatic N) is 3. The number of benzene rings is 2. The number of rotatable bonds is 7. The van der Waals surface area contributed by atoms with Crippen molar-refractivity contribution in [3.8, 4) is 5.69 Å². The molecule has 0 aliphatic carbocycles. The number of hydrogen-bond acceptors (Lipinski definition) is 4. The van der Waals surface area contributed by atoms with E-state index in [0.717, 1.165) is 33.2 Å². The summed E-state index contributed by atoms with van der Waals surface area (Å²) in [6.45, 7) is 3.53. The lowest BCUT2D eigenvalue weighted by Crippen LogP contribution is -2.39. The first-order valence-corrected chi connectivity index (χ1v) is 12.6. The predicted molar refractivity (Wildman–Crippen MR) is 132 cm³/mol. The zero-order valence-electron chi connectivity index (χ0n) is 17.7. The highest BCUT2D eigenvalue weighted by Crippen LogP contribution is 2.23. The molecule has 0 saturated carbocycles. The zero-order chi connectivity index (χ0) is 23.5. The van der Waals surface area contributed by atoms with Crippen molar-refractivity contribution in [3.05, 3.63) is 81.0 Å². The maximum atomic E-state index is 12.4. The van der Waals surface area contributed by atoms with E-state index >= 15 is 0 Å². The Kier molecular flexibility index (Phi) is 7.43. The Hall–Kier alpha value is -2.62. The smallest absolute Gasteiger partial charge is 0.260 e. The molecule has 168 valence electrons. The van der Waals surface area contributed by atoms with Gasteiger partial charge in [-0.25, -0.2) is 13.8 Å². The monoisotopic (exact) mass is 536 g/mol. The predicted octanol–water partition coefficient (Wildman–Crippen LogP) is 4.43. The van der Waals surface area contributed by atoms with Crippen LogP contribution in [-0.2, 0) is 14.8 Å². The second kappa shape index (κ2) is 9.89. The first-order valence-electron chi connectivity index (χ1n) is 9.56. The summed E-state index contributed by atoms with van der Waals surface area (Å²) >= 11 is 9.29. The fraction of sp³-hybridized carbons (Fsp3) is 0.182. The molecule has 7 nitrogen and oxygen atoms in total. The van der Waals surface area contributed by atoms with Crippen molar-refractivity contribution >= 4 is 55.4 Å². The third kappa shape index (κ3) is 5.79. The molecule has 0 unspecified atom stereocenters. The number of anilines is 1. The van der Waals surface area contributed by atoms with Crippen LogP contribution in [0.5, 0.6) is 0 Å². The van der Waals surface area contributed by atoms with Crippen molar-refractivity contribution in [1.82, 2.24) is 9.99 Å². The molecular formula is C22H22BrClN4O3S. The largest absolute Gasteiger partial charge is 0.318 e. The van der Waals surface area contributed by atoms with Crippen molar-refractivity contribution in [2.75, 3.05) is 17.1 Å². The molecule has 2 aromatic carbocycles. The van der Waals surface area contributed by atoms with Crippen LogP contribution in [0.2, 0.25) is 5.02 Å². The number of hydrogen-bond donors (Lipinski definition) is 1. The lowest BCUT2D eigenvalue weighted by atomic mass is 10.2. The third-order valence-corrected chi connectivity index (χ3v) is 6.62. The molecule has 32 heavy (non-hydrogen) atoms. The van der Waals surface area contributed by atoms with E-state index in [4.69, 9.17) is 11.6 Å². The number of hydrazone groups is 1. The summed E-state index contributed by atoms with van der Waals surface area (Å²) < 4.78 is 28.2. The van der Waals surface area contributed by atoms with Crippen LogP contribution in [0.3, 0.4) is 0 Å². The van der Waals surface area contributed by atoms with E-state index in [1.165, 1.54) is 6.21 Å². The van der Waals surface area contributed by atoms with E-state index in [-0.39, 0.29) is 0 Å². The number of amides is 1. The van der Waals surface area contributed by atoms with Crippen LogP contribution in [0.4, 0.5) is 5.69 Å². The van der Waals surface area contributed by atoms with E-state index in [2.05, 4.69) is 31.0 Å². The van der Waals surface area contributed by atoms with E-state index in [1.54, 1.807) is 24.3 Å². The Morgan fingerprint density at radius 1 is 1.19 bits per heavy atom. The number of nitrogens with one attached hydrogen (secondary N) is 1. The number of carbonyl (C=O) groups excluding carboxylic acids is 1. The van der Waals surface area contributed by atoms with Crippen molar-refractivity contribution in [2.45, 2.75) is 13.8 Å². The maximum absolute atomic E-state index is 12.4. The Balaban J connectivity index is 1.73. The van der Waals surface area contributed by atoms with E-state index in [1.807, 2.05) is 44.2 Å². The molecule has 0 aliphatic rings. The Morgan fingerprint density at radius 3 is 2.50 bits per heavy atom. The standard InChI is InChI=1S/C22H22BrClN4O3S/c1-15-11-17(16(2)28(15)20-9-7-19(24)8-10-20)13-25-26-22(29)14-27(32(3,30)31)21-6-4-5-18(23)12-21/h4-13H,14H2,1-3H3,(H,26,29)/b25-13+. The fourth-order valence-corrected chi connectivity index (χ4v) is 4.64. The number of sulfonamides is 1. The molecule has 10 heteroatoms. The zero-order valence-corrected chi connectivity index (χ0v) is 20.9. The number of aryl methyl sites for hydroxylation is 1. The lowest BCUT2D eigenvalue weighted by Gasteiger charge is -2.21. The molecule has 1 heterocycles. The van der Waals surface area contributed by atoms with Gasteiger partial charge in [0.15, 0.2) is 0 Å². The Labute approximate surface area is 200 Å². The fourth-order valence-electron chi connectivity index (χ4n) is 3.28. The summed E-state index contributed by atoms with van der Waals surface area (Å²) in [4.78, 5) is 12.4. The molecule has 0 saturated heterocycles. The first kappa shape index (κ1) is 24.0. The van der Waals surface area contributed by atoms with E-state index in [9.17, 15) is 13.2 Å². The molecule has 3 aromatic rings. The van der Waals surface area contributed by atoms with Crippen LogP contribution in [0, 0.1) is 13.8 Å². The lowest BCUT2D eigenvalue weighted by molar-refractivity contribution is -0.119. The molecule has 0 spiro atoms. The van der Waals surface area contributed by atoms with Gasteiger partial charge in [-0.1, -0.05) is 33.6 Å². The summed E-state index contributed by atoms with van der Waals surface area (Å²) in [6.07, 6.45) is 2.59. The second-order valence-corrected chi connectivity index (χ2v) is 10.4. The maximum Gasteiger partial charge on any atom is 0.260 e. The van der Waals surface area contributed by atoms with Gasteiger partial charge in [0.05, 0.1) is 18.2 Å². The normalized spacial score (nSPS) is 11.7. The van der Waals surface area contributed by atoms with Crippen LogP contribution in [0.15, 0.2) is 64.2 Å². The van der Waals surface area contributed by atoms with Gasteiger partial charge in [0.2, 0.25) is 10.0 Å². The van der Waals surface area contributed by atoms with Gasteiger partial charge >= 0.3 is 0 Å². The minimum atomic E-state index is -3.66. The summed E-state index contributed by atoms with van der Waals surface area (Å²) in [6, 6.07) is 16.2. The average Bonchev–Trinajstić information content (AvgIpc) is 2.99. The molecule has 0 bridgehead atoms. The van der Waals surface area contributed by atoms with Gasteiger partial charge in [0.25, 0.3) is 5.91 Å². The topological polar surface area (TPSA) is 83.8 Å². The van der Waals surface area contributed by atoms with Crippen molar-refractivity contribution < 1.29 is 13.2 Å². The highest BCUT2D eigenvalue weighted by molar-refractivity contribution is 9.10. The van der Waals surface area contributed by atoms with Gasteiger partial charge in [-0.3, -0.25) is 9.10 Å². The number of carbonyl (C=O) groups is 1. The first-order chi connectivity index (χ1) is 15.1. The van der Waals surface area contributed by atoms with Crippen LogP contribution in [0.25, 0.3) is 5.69 Å². The van der Waals surface area contributed by atoms with Crippen LogP contribution in [-0.4, -0.2) is 37.9 Å². The SMILES string of the molecule is Cc1cc(/C=N/NC(=O)CN(c2cccc(Br)c2)S(C)(=O)=O)c(C)n1-c1ccc(Cl)cc1. The van der Waals surface area contributed by atoms with Gasteiger partial charge in [-0.15, -0.1) is 0 Å². The molecule has 1 N–H and O–H groups in total. The average molecular weight is 538 g/mol. The number of halogens is 2. The molecular weight excluding hydrogens is 516 g/mol. The quantitative estimate of drug-likeness (QED) is 0.358. The second-order valence-electron chi connectivity index (χ2n) is 7.18. The highest BCUT2D eigenvalue weighted by atomic mass is 79.9. The summed E-state index contributed by atoms with van der Waals surface area (Å²) in [5.41, 5.74) is 6.51. The molecule has 0 aliphatic heterocycles. The minimum absolute atomic E-state index is 0.382. The minimum Gasteiger partial charge on any atom is -0.318 e. The van der Waals surface area contributed by atoms with Crippen LogP contribution in [0.1, 0.15) is 17.0 Å². The Bertz CT molecular complexity index is 1270. The summed E-state index contributed by atoms with van der Waals surface area (Å²) in [7, 11) is -3.66. The van der Waals surface area contributed by atoms with Crippen LogP contribution < -0.4 is 9.73 Å². The summed E-state index contributed by atoms with van der Waals surface area (Å²) in [5, 5.41) is 4.68. The molecule has 0 atom stereocenters. The van der Waals surface area contributed by atoms with Gasteiger partial charge in [-0.05, 0) is 62.4 Å². The van der Waals surface area contributed by atoms with Gasteiger partial charge in [-0.2, -0.15) is 5.10 Å².